The summed E-state index contributed by atoms with van der Waals surface area (Å²) >= 11 is 0. The van der Waals surface area contributed by atoms with Crippen molar-refractivity contribution in [3.05, 3.63) is 23.4 Å². The highest BCUT2D eigenvalue weighted by Crippen LogP contribution is 2.12. The van der Waals surface area contributed by atoms with Gasteiger partial charge in [0.15, 0.2) is 0 Å². The van der Waals surface area contributed by atoms with Gasteiger partial charge in [-0.15, -0.1) is 0 Å². The van der Waals surface area contributed by atoms with Crippen LogP contribution in [-0.2, 0) is 11.3 Å². The van der Waals surface area contributed by atoms with Crippen LogP contribution in [-0.4, -0.2) is 31.9 Å². The summed E-state index contributed by atoms with van der Waals surface area (Å²) in [5, 5.41) is 3.12. The fraction of sp³-hybridized carbons (Fsp3) is 0.643. The van der Waals surface area contributed by atoms with Crippen molar-refractivity contribution in [2.75, 3.05) is 26.9 Å². The van der Waals surface area contributed by atoms with E-state index in [-0.39, 0.29) is 0 Å². The number of hydrogen-bond acceptors (Lipinski definition) is 4. The Bertz CT molecular complexity index is 343. The number of pyridine rings is 1. The predicted molar refractivity (Wildman–Crippen MR) is 73.0 cm³/mol. The summed E-state index contributed by atoms with van der Waals surface area (Å²) < 4.78 is 11.0. The molecule has 1 N–H and O–H groups in total. The zero-order valence-electron chi connectivity index (χ0n) is 11.7. The molecular formula is C14H24N2O2. The van der Waals surface area contributed by atoms with E-state index in [4.69, 9.17) is 9.47 Å². The molecule has 102 valence electrons. The number of unbranched alkanes of at least 4 members (excludes halogenated alkanes) is 1. The predicted octanol–water partition coefficient (Wildman–Crippen LogP) is 2.30. The van der Waals surface area contributed by atoms with Gasteiger partial charge in [-0.25, -0.2) is 4.98 Å². The van der Waals surface area contributed by atoms with Crippen LogP contribution in [0.4, 0.5) is 0 Å². The van der Waals surface area contributed by atoms with Crippen LogP contribution in [0.15, 0.2) is 12.1 Å². The Hall–Kier alpha value is -1.13. The Balaban J connectivity index is 2.32. The average molecular weight is 252 g/mol. The van der Waals surface area contributed by atoms with Gasteiger partial charge in [0.1, 0.15) is 6.61 Å². The van der Waals surface area contributed by atoms with Gasteiger partial charge in [-0.05, 0) is 32.0 Å². The van der Waals surface area contributed by atoms with Crippen LogP contribution in [0.2, 0.25) is 0 Å². The van der Waals surface area contributed by atoms with Gasteiger partial charge in [0.25, 0.3) is 0 Å². The smallest absolute Gasteiger partial charge is 0.213 e. The first-order valence-corrected chi connectivity index (χ1v) is 6.59. The van der Waals surface area contributed by atoms with Crippen molar-refractivity contribution in [1.29, 1.82) is 0 Å². The third-order valence-corrected chi connectivity index (χ3v) is 2.49. The van der Waals surface area contributed by atoms with Crippen LogP contribution in [0.5, 0.6) is 5.88 Å². The minimum absolute atomic E-state index is 0.555. The Morgan fingerprint density at radius 1 is 1.22 bits per heavy atom. The van der Waals surface area contributed by atoms with E-state index in [1.807, 2.05) is 20.0 Å². The summed E-state index contributed by atoms with van der Waals surface area (Å²) in [6.07, 6.45) is 2.27. The van der Waals surface area contributed by atoms with Crippen LogP contribution in [0.25, 0.3) is 0 Å². The number of aryl methyl sites for hydroxylation is 1. The Morgan fingerprint density at radius 2 is 2.06 bits per heavy atom. The Morgan fingerprint density at radius 3 is 2.78 bits per heavy atom. The molecule has 1 aromatic heterocycles. The van der Waals surface area contributed by atoms with E-state index >= 15 is 0 Å². The molecule has 18 heavy (non-hydrogen) atoms. The second-order valence-electron chi connectivity index (χ2n) is 4.30. The molecule has 0 spiro atoms. The molecular weight excluding hydrogens is 228 g/mol. The van der Waals surface area contributed by atoms with E-state index in [0.717, 1.165) is 31.7 Å². The van der Waals surface area contributed by atoms with E-state index < -0.39 is 0 Å². The zero-order chi connectivity index (χ0) is 13.2. The molecule has 0 aliphatic carbocycles. The maximum Gasteiger partial charge on any atom is 0.213 e. The van der Waals surface area contributed by atoms with Crippen molar-refractivity contribution in [2.45, 2.75) is 33.2 Å². The first-order chi connectivity index (χ1) is 8.76. The number of nitrogens with one attached hydrogen (secondary N) is 1. The van der Waals surface area contributed by atoms with Crippen molar-refractivity contribution >= 4 is 0 Å². The van der Waals surface area contributed by atoms with E-state index in [1.165, 1.54) is 5.56 Å². The molecule has 0 bridgehead atoms. The molecule has 0 aliphatic heterocycles. The van der Waals surface area contributed by atoms with Gasteiger partial charge in [-0.2, -0.15) is 0 Å². The first-order valence-electron chi connectivity index (χ1n) is 6.59. The SMILES string of the molecule is CCCCOCCOc1cc(CNC)cc(C)n1. The lowest BCUT2D eigenvalue weighted by Gasteiger charge is -2.09. The summed E-state index contributed by atoms with van der Waals surface area (Å²) in [4.78, 5) is 4.34. The maximum atomic E-state index is 5.59. The summed E-state index contributed by atoms with van der Waals surface area (Å²) in [6, 6.07) is 4.02. The molecule has 0 saturated carbocycles. The molecule has 0 saturated heterocycles. The maximum absolute atomic E-state index is 5.59. The van der Waals surface area contributed by atoms with E-state index in [2.05, 4.69) is 23.3 Å². The molecule has 0 fully saturated rings. The molecule has 4 heteroatoms. The lowest BCUT2D eigenvalue weighted by atomic mass is 10.2. The Labute approximate surface area is 110 Å². The minimum Gasteiger partial charge on any atom is -0.475 e. The molecule has 0 aromatic carbocycles. The van der Waals surface area contributed by atoms with Crippen LogP contribution >= 0.6 is 0 Å². The fourth-order valence-electron chi connectivity index (χ4n) is 1.64. The van der Waals surface area contributed by atoms with Gasteiger partial charge >= 0.3 is 0 Å². The zero-order valence-corrected chi connectivity index (χ0v) is 11.7. The van der Waals surface area contributed by atoms with Gasteiger partial charge in [0.2, 0.25) is 5.88 Å². The normalized spacial score (nSPS) is 10.6. The van der Waals surface area contributed by atoms with Gasteiger partial charge in [0, 0.05) is 24.9 Å². The summed E-state index contributed by atoms with van der Waals surface area (Å²) in [5.74, 6) is 0.680. The summed E-state index contributed by atoms with van der Waals surface area (Å²) in [5.41, 5.74) is 2.16. The summed E-state index contributed by atoms with van der Waals surface area (Å²) in [6.45, 7) is 6.94. The van der Waals surface area contributed by atoms with Crippen LogP contribution in [0, 0.1) is 6.92 Å². The topological polar surface area (TPSA) is 43.4 Å². The average Bonchev–Trinajstić information content (AvgIpc) is 2.33. The largest absolute Gasteiger partial charge is 0.475 e. The van der Waals surface area contributed by atoms with Gasteiger partial charge in [-0.1, -0.05) is 13.3 Å². The molecule has 0 amide bonds. The van der Waals surface area contributed by atoms with E-state index in [9.17, 15) is 0 Å². The molecule has 4 nitrogen and oxygen atoms in total. The molecule has 0 unspecified atom stereocenters. The third-order valence-electron chi connectivity index (χ3n) is 2.49. The highest BCUT2D eigenvalue weighted by Gasteiger charge is 2.01. The molecule has 1 heterocycles. The quantitative estimate of drug-likeness (QED) is 0.685. The molecule has 1 rings (SSSR count). The molecule has 0 aliphatic rings. The lowest BCUT2D eigenvalue weighted by molar-refractivity contribution is 0.0964. The van der Waals surface area contributed by atoms with Crippen molar-refractivity contribution in [3.63, 3.8) is 0 Å². The molecule has 1 aromatic rings. The second kappa shape index (κ2) is 8.89. The lowest BCUT2D eigenvalue weighted by Crippen LogP contribution is -2.10. The summed E-state index contributed by atoms with van der Waals surface area (Å²) in [7, 11) is 1.93. The van der Waals surface area contributed by atoms with Crippen molar-refractivity contribution in [3.8, 4) is 5.88 Å². The van der Waals surface area contributed by atoms with Crippen LogP contribution in [0.3, 0.4) is 0 Å². The van der Waals surface area contributed by atoms with Gasteiger partial charge in [-0.3, -0.25) is 0 Å². The highest BCUT2D eigenvalue weighted by molar-refractivity contribution is 5.24. The van der Waals surface area contributed by atoms with Gasteiger partial charge in [0.05, 0.1) is 6.61 Å². The van der Waals surface area contributed by atoms with Crippen molar-refractivity contribution < 1.29 is 9.47 Å². The number of nitrogens with zero attached hydrogens (tertiary/aromatic N) is 1. The van der Waals surface area contributed by atoms with E-state index in [1.54, 1.807) is 0 Å². The number of aromatic nitrogens is 1. The van der Waals surface area contributed by atoms with E-state index in [0.29, 0.717) is 19.1 Å². The monoisotopic (exact) mass is 252 g/mol. The van der Waals surface area contributed by atoms with Crippen molar-refractivity contribution in [2.24, 2.45) is 0 Å². The van der Waals surface area contributed by atoms with Gasteiger partial charge < -0.3 is 14.8 Å². The standard InChI is InChI=1S/C14H24N2O2/c1-4-5-6-17-7-8-18-14-10-13(11-15-3)9-12(2)16-14/h9-10,15H,4-8,11H2,1-3H3. The Kier molecular flexibility index (Phi) is 7.37. The van der Waals surface area contributed by atoms with Crippen molar-refractivity contribution in [1.82, 2.24) is 10.3 Å². The fourth-order valence-corrected chi connectivity index (χ4v) is 1.64. The van der Waals surface area contributed by atoms with Crippen LogP contribution < -0.4 is 10.1 Å². The number of hydrogen-bond donors (Lipinski definition) is 1. The number of rotatable bonds is 9. The highest BCUT2D eigenvalue weighted by atomic mass is 16.5. The molecule has 0 radical (unpaired) electrons. The number of ether oxygens (including phenoxy) is 2. The van der Waals surface area contributed by atoms with Crippen LogP contribution in [0.1, 0.15) is 31.0 Å². The molecule has 0 atom stereocenters. The first kappa shape index (κ1) is 14.9. The minimum atomic E-state index is 0.555. The second-order valence-corrected chi connectivity index (χ2v) is 4.30. The third kappa shape index (κ3) is 5.98.